The summed E-state index contributed by atoms with van der Waals surface area (Å²) < 4.78 is 12.8. The van der Waals surface area contributed by atoms with Crippen LogP contribution < -0.4 is 19.9 Å². The first-order valence-corrected chi connectivity index (χ1v) is 11.2. The van der Waals surface area contributed by atoms with Gasteiger partial charge in [0.05, 0.1) is 23.8 Å². The zero-order chi connectivity index (χ0) is 21.9. The van der Waals surface area contributed by atoms with E-state index in [0.717, 1.165) is 10.6 Å². The van der Waals surface area contributed by atoms with Crippen LogP contribution in [0.1, 0.15) is 11.3 Å². The van der Waals surface area contributed by atoms with Crippen LogP contribution in [0.2, 0.25) is 0 Å². The molecule has 162 valence electrons. The summed E-state index contributed by atoms with van der Waals surface area (Å²) in [5.41, 5.74) is 1.24. The van der Waals surface area contributed by atoms with Crippen LogP contribution in [0.4, 0.5) is 5.69 Å². The average Bonchev–Trinajstić information content (AvgIpc) is 3.35. The minimum Gasteiger partial charge on any atom is -0.486 e. The number of thiophene rings is 1. The normalized spacial score (nSPS) is 12.6. The van der Waals surface area contributed by atoms with Crippen LogP contribution in [0, 0.1) is 0 Å². The minimum absolute atomic E-state index is 0.0878. The highest BCUT2D eigenvalue weighted by atomic mass is 32.1. The lowest BCUT2D eigenvalue weighted by Crippen LogP contribution is -2.32. The van der Waals surface area contributed by atoms with Crippen LogP contribution in [-0.2, 0) is 17.9 Å². The molecule has 8 heteroatoms. The summed E-state index contributed by atoms with van der Waals surface area (Å²) in [6, 6.07) is 16.7. The topological polar surface area (TPSA) is 73.7 Å². The van der Waals surface area contributed by atoms with Crippen molar-refractivity contribution < 1.29 is 14.3 Å². The van der Waals surface area contributed by atoms with Crippen LogP contribution in [0.15, 0.2) is 71.1 Å². The van der Waals surface area contributed by atoms with Crippen molar-refractivity contribution in [3.8, 4) is 11.5 Å². The number of benzene rings is 2. The van der Waals surface area contributed by atoms with Crippen molar-refractivity contribution in [1.29, 1.82) is 0 Å². The molecule has 0 fully saturated rings. The molecule has 2 aromatic heterocycles. The molecule has 7 nitrogen and oxygen atoms in total. The molecule has 0 saturated heterocycles. The highest BCUT2D eigenvalue weighted by Crippen LogP contribution is 2.35. The average molecular weight is 448 g/mol. The van der Waals surface area contributed by atoms with Crippen LogP contribution in [0.3, 0.4) is 0 Å². The third-order valence-corrected chi connectivity index (χ3v) is 6.19. The van der Waals surface area contributed by atoms with Gasteiger partial charge in [-0.05, 0) is 35.7 Å². The van der Waals surface area contributed by atoms with E-state index in [9.17, 15) is 9.59 Å². The van der Waals surface area contributed by atoms with Crippen LogP contribution in [0.25, 0.3) is 10.9 Å². The molecule has 0 N–H and O–H groups in total. The monoisotopic (exact) mass is 447 g/mol. The second-order valence-electron chi connectivity index (χ2n) is 7.40. The number of fused-ring (bicyclic) bond motifs is 2. The third-order valence-electron chi connectivity index (χ3n) is 5.33. The Balaban J connectivity index is 1.40. The largest absolute Gasteiger partial charge is 0.486 e. The summed E-state index contributed by atoms with van der Waals surface area (Å²) >= 11 is 1.60. The van der Waals surface area contributed by atoms with Gasteiger partial charge in [-0.15, -0.1) is 11.3 Å². The molecule has 2 aromatic carbocycles. The number of ether oxygens (including phenoxy) is 2. The molecule has 0 atom stereocenters. The van der Waals surface area contributed by atoms with Gasteiger partial charge in [0, 0.05) is 29.6 Å². The smallest absolute Gasteiger partial charge is 0.261 e. The van der Waals surface area contributed by atoms with E-state index in [4.69, 9.17) is 9.47 Å². The Morgan fingerprint density at radius 3 is 2.75 bits per heavy atom. The second kappa shape index (κ2) is 8.84. The number of carbonyl (C=O) groups excluding carboxylic acids is 1. The van der Waals surface area contributed by atoms with Gasteiger partial charge in [-0.1, -0.05) is 18.2 Å². The molecule has 0 saturated carbocycles. The van der Waals surface area contributed by atoms with Crippen LogP contribution in [-0.4, -0.2) is 28.7 Å². The molecule has 5 rings (SSSR count). The van der Waals surface area contributed by atoms with Gasteiger partial charge < -0.3 is 14.4 Å². The molecule has 1 aliphatic heterocycles. The second-order valence-corrected chi connectivity index (χ2v) is 8.43. The molecule has 0 bridgehead atoms. The predicted octanol–water partition coefficient (Wildman–Crippen LogP) is 3.85. The molecule has 0 aliphatic carbocycles. The van der Waals surface area contributed by atoms with Crippen molar-refractivity contribution in [1.82, 2.24) is 9.55 Å². The molecule has 1 amide bonds. The Morgan fingerprint density at radius 2 is 1.91 bits per heavy atom. The number of hydrogen-bond donors (Lipinski definition) is 0. The van der Waals surface area contributed by atoms with E-state index >= 15 is 0 Å². The molecule has 4 aromatic rings. The maximum absolute atomic E-state index is 13.3. The Bertz CT molecular complexity index is 1320. The lowest BCUT2D eigenvalue weighted by molar-refractivity contribution is -0.119. The minimum atomic E-state index is -0.146. The van der Waals surface area contributed by atoms with Gasteiger partial charge in [0.15, 0.2) is 11.5 Å². The predicted molar refractivity (Wildman–Crippen MR) is 124 cm³/mol. The SMILES string of the molecule is O=C(CCn1cnc2ccccc2c1=O)N(Cc1cccs1)c1ccc2c(c1)OCCO2. The molecule has 0 unspecified atom stereocenters. The number of hydrogen-bond acceptors (Lipinski definition) is 6. The standard InChI is InChI=1S/C24H21N3O4S/c28-23(9-10-26-16-25-20-6-2-1-5-19(20)24(26)29)27(15-18-4-3-13-32-18)17-7-8-21-22(14-17)31-12-11-30-21/h1-8,13-14,16H,9-12,15H2. The lowest BCUT2D eigenvalue weighted by Gasteiger charge is -2.25. The third kappa shape index (κ3) is 4.09. The first kappa shape index (κ1) is 20.3. The van der Waals surface area contributed by atoms with E-state index < -0.39 is 0 Å². The maximum atomic E-state index is 13.3. The highest BCUT2D eigenvalue weighted by Gasteiger charge is 2.20. The summed E-state index contributed by atoms with van der Waals surface area (Å²) in [5, 5.41) is 2.53. The fourth-order valence-electron chi connectivity index (χ4n) is 3.70. The number of rotatable bonds is 6. The van der Waals surface area contributed by atoms with E-state index in [2.05, 4.69) is 4.98 Å². The van der Waals surface area contributed by atoms with Gasteiger partial charge in [-0.2, -0.15) is 0 Å². The molecule has 0 radical (unpaired) electrons. The maximum Gasteiger partial charge on any atom is 0.261 e. The lowest BCUT2D eigenvalue weighted by atomic mass is 10.2. The van der Waals surface area contributed by atoms with E-state index in [1.807, 2.05) is 47.8 Å². The van der Waals surface area contributed by atoms with Crippen molar-refractivity contribution in [3.63, 3.8) is 0 Å². The number of aryl methyl sites for hydroxylation is 1. The number of aromatic nitrogens is 2. The number of anilines is 1. The Hall–Kier alpha value is -3.65. The van der Waals surface area contributed by atoms with Gasteiger partial charge in [-0.25, -0.2) is 4.98 Å². The number of carbonyl (C=O) groups is 1. The first-order valence-electron chi connectivity index (χ1n) is 10.4. The Kier molecular flexibility index (Phi) is 5.60. The quantitative estimate of drug-likeness (QED) is 0.449. The number of nitrogens with zero attached hydrogens (tertiary/aromatic N) is 3. The molecule has 3 heterocycles. The molecular formula is C24H21N3O4S. The van der Waals surface area contributed by atoms with Crippen LogP contribution in [0.5, 0.6) is 11.5 Å². The molecular weight excluding hydrogens is 426 g/mol. The van der Waals surface area contributed by atoms with Crippen molar-refractivity contribution >= 4 is 33.8 Å². The van der Waals surface area contributed by atoms with Crippen molar-refractivity contribution in [2.45, 2.75) is 19.5 Å². The highest BCUT2D eigenvalue weighted by molar-refractivity contribution is 7.09. The zero-order valence-corrected chi connectivity index (χ0v) is 18.1. The van der Waals surface area contributed by atoms with Gasteiger partial charge in [-0.3, -0.25) is 14.2 Å². The van der Waals surface area contributed by atoms with Crippen molar-refractivity contribution in [2.24, 2.45) is 0 Å². The zero-order valence-electron chi connectivity index (χ0n) is 17.3. The Labute approximate surface area is 188 Å². The summed E-state index contributed by atoms with van der Waals surface area (Å²) in [5.74, 6) is 1.22. The van der Waals surface area contributed by atoms with Crippen molar-refractivity contribution in [2.75, 3.05) is 18.1 Å². The molecule has 0 spiro atoms. The molecule has 32 heavy (non-hydrogen) atoms. The van der Waals surface area contributed by atoms with E-state index in [1.165, 1.54) is 10.9 Å². The molecule has 1 aliphatic rings. The van der Waals surface area contributed by atoms with E-state index in [-0.39, 0.29) is 24.4 Å². The summed E-state index contributed by atoms with van der Waals surface area (Å²) in [7, 11) is 0. The fourth-order valence-corrected chi connectivity index (χ4v) is 4.39. The number of amides is 1. The number of para-hydroxylation sites is 1. The van der Waals surface area contributed by atoms with E-state index in [1.54, 1.807) is 28.4 Å². The fraction of sp³-hybridized carbons (Fsp3) is 0.208. The van der Waals surface area contributed by atoms with E-state index in [0.29, 0.717) is 42.2 Å². The van der Waals surface area contributed by atoms with Gasteiger partial charge >= 0.3 is 0 Å². The summed E-state index contributed by atoms with van der Waals surface area (Å²) in [6.45, 7) is 1.69. The van der Waals surface area contributed by atoms with Crippen LogP contribution >= 0.6 is 11.3 Å². The van der Waals surface area contributed by atoms with Gasteiger partial charge in [0.25, 0.3) is 5.56 Å². The van der Waals surface area contributed by atoms with Gasteiger partial charge in [0.1, 0.15) is 13.2 Å². The Morgan fingerprint density at radius 1 is 1.06 bits per heavy atom. The van der Waals surface area contributed by atoms with Gasteiger partial charge in [0.2, 0.25) is 5.91 Å². The summed E-state index contributed by atoms with van der Waals surface area (Å²) in [4.78, 5) is 33.2. The summed E-state index contributed by atoms with van der Waals surface area (Å²) in [6.07, 6.45) is 1.67. The first-order chi connectivity index (χ1) is 15.7. The van der Waals surface area contributed by atoms with Crippen molar-refractivity contribution in [3.05, 3.63) is 81.5 Å².